The molecule has 0 atom stereocenters. The highest BCUT2D eigenvalue weighted by Gasteiger charge is 2.10. The van der Waals surface area contributed by atoms with Crippen LogP contribution >= 0.6 is 24.0 Å². The highest BCUT2D eigenvalue weighted by molar-refractivity contribution is 14.0. The number of benzene rings is 2. The maximum Gasteiger partial charge on any atom is 0.240 e. The molecule has 0 saturated carbocycles. The van der Waals surface area contributed by atoms with E-state index < -0.39 is 10.0 Å². The molecule has 0 radical (unpaired) electrons. The number of rotatable bonds is 9. The van der Waals surface area contributed by atoms with Crippen molar-refractivity contribution in [3.63, 3.8) is 0 Å². The van der Waals surface area contributed by atoms with Crippen LogP contribution in [0.2, 0.25) is 0 Å². The number of sulfonamides is 1. The fraction of sp³-hybridized carbons (Fsp3) is 0.350. The largest absolute Gasteiger partial charge is 0.493 e. The quantitative estimate of drug-likeness (QED) is 0.253. The SMILES string of the molecule is CCNC(=NCc1ccc(S(=O)(=O)NC)cc1)Nc1ccc(OC)c(OCC)c1.I. The van der Waals surface area contributed by atoms with Crippen molar-refractivity contribution in [3.05, 3.63) is 48.0 Å². The van der Waals surface area contributed by atoms with Crippen molar-refractivity contribution in [1.82, 2.24) is 10.0 Å². The minimum Gasteiger partial charge on any atom is -0.493 e. The van der Waals surface area contributed by atoms with Gasteiger partial charge in [0.2, 0.25) is 10.0 Å². The second-order valence-corrected chi connectivity index (χ2v) is 7.86. The molecule has 0 bridgehead atoms. The van der Waals surface area contributed by atoms with Crippen LogP contribution in [0.4, 0.5) is 5.69 Å². The highest BCUT2D eigenvalue weighted by Crippen LogP contribution is 2.30. The minimum atomic E-state index is -3.44. The molecule has 0 spiro atoms. The van der Waals surface area contributed by atoms with Crippen LogP contribution in [0.3, 0.4) is 0 Å². The van der Waals surface area contributed by atoms with E-state index in [1.165, 1.54) is 7.05 Å². The number of hydrogen-bond acceptors (Lipinski definition) is 5. The lowest BCUT2D eigenvalue weighted by atomic mass is 10.2. The first-order valence-electron chi connectivity index (χ1n) is 9.32. The molecule has 0 heterocycles. The van der Waals surface area contributed by atoms with Crippen LogP contribution in [0.25, 0.3) is 0 Å². The molecule has 10 heteroatoms. The summed E-state index contributed by atoms with van der Waals surface area (Å²) in [6.45, 7) is 5.52. The summed E-state index contributed by atoms with van der Waals surface area (Å²) in [5, 5.41) is 6.43. The number of aliphatic imine (C=N–C) groups is 1. The van der Waals surface area contributed by atoms with Gasteiger partial charge in [-0.2, -0.15) is 0 Å². The molecular formula is C20H29IN4O4S. The van der Waals surface area contributed by atoms with E-state index in [1.54, 1.807) is 31.4 Å². The van der Waals surface area contributed by atoms with E-state index in [0.717, 1.165) is 11.3 Å². The minimum absolute atomic E-state index is 0. The number of methoxy groups -OCH3 is 1. The summed E-state index contributed by atoms with van der Waals surface area (Å²) in [4.78, 5) is 4.79. The Balaban J connectivity index is 0.00000450. The van der Waals surface area contributed by atoms with Crippen LogP contribution in [-0.4, -0.2) is 41.7 Å². The van der Waals surface area contributed by atoms with Crippen molar-refractivity contribution in [2.75, 3.05) is 32.6 Å². The first-order chi connectivity index (χ1) is 13.9. The molecule has 8 nitrogen and oxygen atoms in total. The standard InChI is InChI=1S/C20H28N4O4S.HI/c1-5-22-20(24-16-9-12-18(27-4)19(13-16)28-6-2)23-14-15-7-10-17(11-8-15)29(25,26)21-3;/h7-13,21H,5-6,14H2,1-4H3,(H2,22,23,24);1H. The van der Waals surface area contributed by atoms with Crippen LogP contribution in [0, 0.1) is 0 Å². The Kier molecular flexibility index (Phi) is 10.9. The van der Waals surface area contributed by atoms with Crippen molar-refractivity contribution < 1.29 is 17.9 Å². The fourth-order valence-electron chi connectivity index (χ4n) is 2.53. The summed E-state index contributed by atoms with van der Waals surface area (Å²) in [7, 11) is -0.455. The van der Waals surface area contributed by atoms with Crippen LogP contribution in [0.5, 0.6) is 11.5 Å². The molecule has 0 aliphatic carbocycles. The van der Waals surface area contributed by atoms with E-state index in [4.69, 9.17) is 9.47 Å². The lowest BCUT2D eigenvalue weighted by Gasteiger charge is -2.14. The van der Waals surface area contributed by atoms with Crippen molar-refractivity contribution in [2.45, 2.75) is 25.3 Å². The average molecular weight is 548 g/mol. The lowest BCUT2D eigenvalue weighted by Crippen LogP contribution is -2.30. The summed E-state index contributed by atoms with van der Waals surface area (Å²) in [6, 6.07) is 12.2. The number of anilines is 1. The van der Waals surface area contributed by atoms with E-state index >= 15 is 0 Å². The summed E-state index contributed by atoms with van der Waals surface area (Å²) >= 11 is 0. The van der Waals surface area contributed by atoms with Crippen molar-refractivity contribution in [2.24, 2.45) is 4.99 Å². The number of guanidine groups is 1. The predicted molar refractivity (Wildman–Crippen MR) is 131 cm³/mol. The fourth-order valence-corrected chi connectivity index (χ4v) is 3.26. The predicted octanol–water partition coefficient (Wildman–Crippen LogP) is 3.20. The molecule has 3 N–H and O–H groups in total. The van der Waals surface area contributed by atoms with Crippen LogP contribution in [0.15, 0.2) is 52.4 Å². The van der Waals surface area contributed by atoms with E-state index in [1.807, 2.05) is 32.0 Å². The van der Waals surface area contributed by atoms with Gasteiger partial charge in [-0.25, -0.2) is 18.1 Å². The summed E-state index contributed by atoms with van der Waals surface area (Å²) in [5.74, 6) is 1.92. The van der Waals surface area contributed by atoms with Crippen LogP contribution in [0.1, 0.15) is 19.4 Å². The molecule has 0 saturated heterocycles. The van der Waals surface area contributed by atoms with Gasteiger partial charge in [0.15, 0.2) is 17.5 Å². The molecule has 0 aliphatic heterocycles. The topological polar surface area (TPSA) is 101 Å². The Morgan fingerprint density at radius 1 is 1.07 bits per heavy atom. The molecule has 30 heavy (non-hydrogen) atoms. The van der Waals surface area contributed by atoms with Gasteiger partial charge in [-0.15, -0.1) is 24.0 Å². The third kappa shape index (κ3) is 7.33. The molecule has 0 aliphatic rings. The zero-order chi connectivity index (χ0) is 21.3. The first-order valence-corrected chi connectivity index (χ1v) is 10.8. The maximum absolute atomic E-state index is 11.8. The van der Waals surface area contributed by atoms with Gasteiger partial charge in [0.25, 0.3) is 0 Å². The number of hydrogen-bond donors (Lipinski definition) is 3. The second kappa shape index (κ2) is 12.6. The number of nitrogens with one attached hydrogen (secondary N) is 3. The van der Waals surface area contributed by atoms with E-state index in [2.05, 4.69) is 20.3 Å². The molecule has 2 aromatic rings. The third-order valence-electron chi connectivity index (χ3n) is 3.99. The van der Waals surface area contributed by atoms with Crippen molar-refractivity contribution in [3.8, 4) is 11.5 Å². The smallest absolute Gasteiger partial charge is 0.240 e. The van der Waals surface area contributed by atoms with Gasteiger partial charge in [0, 0.05) is 18.3 Å². The number of nitrogens with zero attached hydrogens (tertiary/aromatic N) is 1. The van der Waals surface area contributed by atoms with Crippen LogP contribution < -0.4 is 24.8 Å². The summed E-state index contributed by atoms with van der Waals surface area (Å²) < 4.78 is 36.8. The average Bonchev–Trinajstić information content (AvgIpc) is 2.73. The van der Waals surface area contributed by atoms with Crippen LogP contribution in [-0.2, 0) is 16.6 Å². The Hall–Kier alpha value is -2.05. The second-order valence-electron chi connectivity index (χ2n) is 5.97. The Bertz CT molecular complexity index is 934. The third-order valence-corrected chi connectivity index (χ3v) is 5.42. The molecule has 0 aromatic heterocycles. The summed E-state index contributed by atoms with van der Waals surface area (Å²) in [5.41, 5.74) is 1.70. The molecule has 0 fully saturated rings. The molecule has 0 unspecified atom stereocenters. The monoisotopic (exact) mass is 548 g/mol. The Labute approximate surface area is 195 Å². The van der Waals surface area contributed by atoms with Crippen molar-refractivity contribution in [1.29, 1.82) is 0 Å². The van der Waals surface area contributed by atoms with E-state index in [-0.39, 0.29) is 28.9 Å². The zero-order valence-electron chi connectivity index (χ0n) is 17.6. The molecule has 166 valence electrons. The van der Waals surface area contributed by atoms with Gasteiger partial charge in [-0.05, 0) is 50.7 Å². The molecule has 2 aromatic carbocycles. The lowest BCUT2D eigenvalue weighted by molar-refractivity contribution is 0.311. The van der Waals surface area contributed by atoms with Gasteiger partial charge in [-0.3, -0.25) is 0 Å². The number of ether oxygens (including phenoxy) is 2. The van der Waals surface area contributed by atoms with Gasteiger partial charge in [0.05, 0.1) is 25.2 Å². The first kappa shape index (κ1) is 26.0. The number of halogens is 1. The van der Waals surface area contributed by atoms with Gasteiger partial charge >= 0.3 is 0 Å². The normalized spacial score (nSPS) is 11.4. The Morgan fingerprint density at radius 2 is 1.77 bits per heavy atom. The highest BCUT2D eigenvalue weighted by atomic mass is 127. The Morgan fingerprint density at radius 3 is 2.33 bits per heavy atom. The van der Waals surface area contributed by atoms with E-state index in [0.29, 0.717) is 37.2 Å². The van der Waals surface area contributed by atoms with Gasteiger partial charge < -0.3 is 20.1 Å². The maximum atomic E-state index is 11.8. The van der Waals surface area contributed by atoms with Gasteiger partial charge in [0.1, 0.15) is 0 Å². The molecule has 2 rings (SSSR count). The summed E-state index contributed by atoms with van der Waals surface area (Å²) in [6.07, 6.45) is 0. The molecule has 0 amide bonds. The van der Waals surface area contributed by atoms with Crippen molar-refractivity contribution >= 4 is 45.6 Å². The van der Waals surface area contributed by atoms with Gasteiger partial charge in [-0.1, -0.05) is 12.1 Å². The molecular weight excluding hydrogens is 519 g/mol. The zero-order valence-corrected chi connectivity index (χ0v) is 20.7. The van der Waals surface area contributed by atoms with E-state index in [9.17, 15) is 8.42 Å².